The number of carboxylic acids is 1. The van der Waals surface area contributed by atoms with Crippen LogP contribution in [0.15, 0.2) is 17.0 Å². The molecule has 0 bridgehead atoms. The quantitative estimate of drug-likeness (QED) is 0.594. The van der Waals surface area contributed by atoms with Crippen LogP contribution in [0.4, 0.5) is 0 Å². The van der Waals surface area contributed by atoms with E-state index in [9.17, 15) is 22.9 Å². The average molecular weight is 405 g/mol. The Labute approximate surface area is 184 Å². The van der Waals surface area contributed by atoms with Gasteiger partial charge in [-0.1, -0.05) is 33.3 Å². The van der Waals surface area contributed by atoms with E-state index < -0.39 is 26.9 Å². The van der Waals surface area contributed by atoms with Crippen LogP contribution < -0.4 is 0 Å². The van der Waals surface area contributed by atoms with Crippen LogP contribution in [0.5, 0.6) is 0 Å². The fourth-order valence-corrected chi connectivity index (χ4v) is 6.31. The van der Waals surface area contributed by atoms with Crippen LogP contribution in [0.25, 0.3) is 0 Å². The molecule has 3 atom stereocenters. The van der Waals surface area contributed by atoms with E-state index in [1.54, 1.807) is 6.07 Å². The van der Waals surface area contributed by atoms with Gasteiger partial charge in [0.15, 0.2) is 0 Å². The molecule has 2 N–H and O–H groups in total. The van der Waals surface area contributed by atoms with Crippen molar-refractivity contribution in [3.8, 4) is 0 Å². The van der Waals surface area contributed by atoms with Gasteiger partial charge in [-0.3, -0.25) is 9.35 Å². The molecule has 2 aliphatic carbocycles. The van der Waals surface area contributed by atoms with Gasteiger partial charge >= 0.3 is 35.5 Å². The number of benzene rings is 1. The second-order valence-corrected chi connectivity index (χ2v) is 10.2. The molecule has 0 aromatic heterocycles. The van der Waals surface area contributed by atoms with Crippen LogP contribution in [0.1, 0.15) is 76.0 Å². The van der Waals surface area contributed by atoms with Gasteiger partial charge in [0.1, 0.15) is 0 Å². The molecule has 5 nitrogen and oxygen atoms in total. The van der Waals surface area contributed by atoms with Gasteiger partial charge in [-0.2, -0.15) is 8.42 Å². The average Bonchev–Trinajstić information content (AvgIpc) is 2.52. The van der Waals surface area contributed by atoms with Crippen LogP contribution >= 0.6 is 0 Å². The van der Waals surface area contributed by atoms with Crippen LogP contribution in [0.2, 0.25) is 0 Å². The van der Waals surface area contributed by atoms with E-state index in [0.29, 0.717) is 12.0 Å². The molecule has 0 radical (unpaired) electrons. The van der Waals surface area contributed by atoms with E-state index in [4.69, 9.17) is 0 Å². The Kier molecular flexibility index (Phi) is 6.31. The molecule has 0 spiro atoms. The predicted molar refractivity (Wildman–Crippen MR) is 106 cm³/mol. The van der Waals surface area contributed by atoms with E-state index >= 15 is 0 Å². The molecule has 1 fully saturated rings. The van der Waals surface area contributed by atoms with Crippen molar-refractivity contribution in [2.24, 2.45) is 11.3 Å². The van der Waals surface area contributed by atoms with E-state index in [1.165, 1.54) is 0 Å². The predicted octanol–water partition coefficient (Wildman–Crippen LogP) is 3.50. The number of fused-ring (bicyclic) bond motifs is 3. The summed E-state index contributed by atoms with van der Waals surface area (Å²) >= 11 is 0. The second kappa shape index (κ2) is 7.45. The summed E-state index contributed by atoms with van der Waals surface area (Å²) in [5, 5.41) is 9.86. The molecule has 2 aliphatic rings. The molecule has 1 aromatic rings. The second-order valence-electron chi connectivity index (χ2n) is 8.76. The summed E-state index contributed by atoms with van der Waals surface area (Å²) in [7, 11) is -4.34. The third kappa shape index (κ3) is 3.64. The van der Waals surface area contributed by atoms with Gasteiger partial charge in [-0.25, -0.2) is 0 Å². The summed E-state index contributed by atoms with van der Waals surface area (Å²) in [6.45, 7) is 7.71. The molecule has 27 heavy (non-hydrogen) atoms. The van der Waals surface area contributed by atoms with Crippen LogP contribution in [0.3, 0.4) is 0 Å². The van der Waals surface area contributed by atoms with Crippen LogP contribution in [-0.2, 0) is 26.7 Å². The van der Waals surface area contributed by atoms with Gasteiger partial charge in [0.05, 0.1) is 10.3 Å². The summed E-state index contributed by atoms with van der Waals surface area (Å²) in [5.41, 5.74) is 1.42. The van der Waals surface area contributed by atoms with Crippen molar-refractivity contribution in [3.05, 3.63) is 28.8 Å². The summed E-state index contributed by atoms with van der Waals surface area (Å²) in [5.74, 6) is -0.850. The third-order valence-electron chi connectivity index (χ3n) is 6.87. The van der Waals surface area contributed by atoms with Crippen molar-refractivity contribution in [3.63, 3.8) is 0 Å². The minimum absolute atomic E-state index is 0. The topological polar surface area (TPSA) is 91.7 Å². The summed E-state index contributed by atoms with van der Waals surface area (Å²) < 4.78 is 33.8. The Morgan fingerprint density at radius 1 is 1.22 bits per heavy atom. The molecule has 0 heterocycles. The maximum atomic E-state index is 12.0. The van der Waals surface area contributed by atoms with Gasteiger partial charge in [0, 0.05) is 0 Å². The standard InChI is InChI=1S/C20H28O5S.Na.H/c1-12(2)14-10-13-6-7-17-19(3,8-5-9-20(17,4)18(21)22)15(13)11-16(14)26(23,24)25;;/h10-12,17H,5-9H2,1-4H3,(H,21,22)(H,23,24,25);;/t17?,19-,20-;;/m1../s1. The number of rotatable bonds is 3. The number of aryl methyl sites for hydroxylation is 1. The normalized spacial score (nSPS) is 30.2. The van der Waals surface area contributed by atoms with Crippen molar-refractivity contribution in [1.29, 1.82) is 0 Å². The number of carbonyl (C=O) groups is 1. The van der Waals surface area contributed by atoms with Gasteiger partial charge < -0.3 is 5.11 Å². The van der Waals surface area contributed by atoms with Crippen molar-refractivity contribution in [2.45, 2.75) is 76.0 Å². The van der Waals surface area contributed by atoms with Gasteiger partial charge in [-0.05, 0) is 72.6 Å². The molecule has 1 saturated carbocycles. The Hall–Kier alpha value is -0.400. The molecular formula is C20H29NaO5S. The number of hydrogen-bond acceptors (Lipinski definition) is 3. The van der Waals surface area contributed by atoms with Gasteiger partial charge in [0.25, 0.3) is 10.1 Å². The molecule has 7 heteroatoms. The maximum absolute atomic E-state index is 12.0. The first-order valence-electron chi connectivity index (χ1n) is 9.29. The molecule has 0 amide bonds. The molecule has 3 rings (SSSR count). The number of hydrogen-bond donors (Lipinski definition) is 2. The van der Waals surface area contributed by atoms with E-state index in [2.05, 4.69) is 6.92 Å². The molecule has 0 saturated heterocycles. The SMILES string of the molecule is CC(C)c1cc2c(cc1S(=O)(=O)O)[C@@]1(C)CCC[C@@](C)(C(=O)O)C1CC2.[NaH]. The summed E-state index contributed by atoms with van der Waals surface area (Å²) in [6.07, 6.45) is 3.80. The fourth-order valence-electron chi connectivity index (χ4n) is 5.45. The Morgan fingerprint density at radius 2 is 1.85 bits per heavy atom. The zero-order chi connectivity index (χ0) is 19.5. The first-order valence-corrected chi connectivity index (χ1v) is 10.7. The zero-order valence-corrected chi connectivity index (χ0v) is 16.7. The minimum atomic E-state index is -4.34. The van der Waals surface area contributed by atoms with Crippen LogP contribution in [-0.4, -0.2) is 53.6 Å². The monoisotopic (exact) mass is 404 g/mol. The van der Waals surface area contributed by atoms with E-state index in [0.717, 1.165) is 36.8 Å². The number of carboxylic acid groups (broad SMARTS) is 1. The zero-order valence-electron chi connectivity index (χ0n) is 15.9. The Morgan fingerprint density at radius 3 is 2.37 bits per heavy atom. The molecule has 0 aliphatic heterocycles. The summed E-state index contributed by atoms with van der Waals surface area (Å²) in [4.78, 5) is 12.0. The van der Waals surface area contributed by atoms with Gasteiger partial charge in [-0.15, -0.1) is 0 Å². The third-order valence-corrected chi connectivity index (χ3v) is 7.78. The van der Waals surface area contributed by atoms with Gasteiger partial charge in [0.2, 0.25) is 0 Å². The summed E-state index contributed by atoms with van der Waals surface area (Å²) in [6, 6.07) is 3.54. The number of aliphatic carboxylic acids is 1. The van der Waals surface area contributed by atoms with Crippen molar-refractivity contribution >= 4 is 45.6 Å². The van der Waals surface area contributed by atoms with Crippen molar-refractivity contribution in [2.75, 3.05) is 0 Å². The Bertz CT molecular complexity index is 863. The van der Waals surface area contributed by atoms with Crippen LogP contribution in [0, 0.1) is 11.3 Å². The molecular weight excluding hydrogens is 375 g/mol. The molecule has 1 aromatic carbocycles. The van der Waals surface area contributed by atoms with Crippen molar-refractivity contribution in [1.82, 2.24) is 0 Å². The molecule has 146 valence electrons. The van der Waals surface area contributed by atoms with Crippen molar-refractivity contribution < 1.29 is 22.9 Å². The first-order chi connectivity index (χ1) is 11.9. The molecule has 1 unspecified atom stereocenters. The fraction of sp³-hybridized carbons (Fsp3) is 0.650. The van der Waals surface area contributed by atoms with E-state index in [1.807, 2.05) is 26.8 Å². The van der Waals surface area contributed by atoms with E-state index in [-0.39, 0.29) is 46.3 Å². The Balaban J connectivity index is 0.00000261. The first kappa shape index (κ1) is 22.9.